The Morgan fingerprint density at radius 3 is 2.40 bits per heavy atom. The molecule has 0 fully saturated rings. The molecule has 2 heterocycles. The van der Waals surface area contributed by atoms with Crippen LogP contribution < -0.4 is 4.67 Å². The molecular weight excluding hydrogens is 244 g/mol. The first-order chi connectivity index (χ1) is 9.66. The number of rotatable bonds is 3. The Balaban J connectivity index is 2.21. The summed E-state index contributed by atoms with van der Waals surface area (Å²) < 4.78 is 4.53. The van der Waals surface area contributed by atoms with Crippen LogP contribution in [0.5, 0.6) is 0 Å². The van der Waals surface area contributed by atoms with Crippen molar-refractivity contribution in [2.45, 2.75) is 26.7 Å². The Labute approximate surface area is 119 Å². The van der Waals surface area contributed by atoms with E-state index in [9.17, 15) is 0 Å². The largest absolute Gasteiger partial charge is 0.364 e. The molecule has 1 aromatic heterocycles. The number of benzene rings is 1. The van der Waals surface area contributed by atoms with Gasteiger partial charge < -0.3 is 4.98 Å². The summed E-state index contributed by atoms with van der Waals surface area (Å²) in [5.74, 6) is 0.181. The number of nitrogens with zero attached hydrogens (tertiary/aromatic N) is 1. The lowest BCUT2D eigenvalue weighted by Crippen LogP contribution is -2.16. The van der Waals surface area contributed by atoms with E-state index in [1.54, 1.807) is 0 Å². The SMILES string of the molecule is Cc1cc(C)c(C(C2=[N+]=CC=C2)c2ccc[nH]2)c(C)c1. The van der Waals surface area contributed by atoms with E-state index in [0.717, 1.165) is 5.71 Å². The standard InChI is InChI=1S/C18H19N2/c1-12-10-13(2)17(14(3)11-12)18(15-6-4-8-19-15)16-7-5-9-20-16/h4-11,18-19H,1-3H3/q+1. The fraction of sp³-hybridized carbons (Fsp3) is 0.222. The van der Waals surface area contributed by atoms with Gasteiger partial charge in [0.05, 0.1) is 0 Å². The second-order valence-corrected chi connectivity index (χ2v) is 5.43. The molecule has 1 N–H and O–H groups in total. The van der Waals surface area contributed by atoms with E-state index in [4.69, 9.17) is 0 Å². The zero-order valence-corrected chi connectivity index (χ0v) is 12.1. The first-order valence-electron chi connectivity index (χ1n) is 6.95. The van der Waals surface area contributed by atoms with Crippen LogP contribution in [-0.2, 0) is 0 Å². The van der Waals surface area contributed by atoms with E-state index in [1.807, 2.05) is 24.6 Å². The number of aryl methyl sites for hydroxylation is 3. The molecule has 100 valence electrons. The molecule has 2 heteroatoms. The molecule has 0 spiro atoms. The highest BCUT2D eigenvalue weighted by Crippen LogP contribution is 2.31. The molecule has 0 saturated heterocycles. The average molecular weight is 263 g/mol. The van der Waals surface area contributed by atoms with Crippen LogP contribution in [0.4, 0.5) is 0 Å². The minimum Gasteiger partial charge on any atom is -0.364 e. The maximum atomic E-state index is 4.53. The van der Waals surface area contributed by atoms with Crippen molar-refractivity contribution in [3.05, 3.63) is 70.6 Å². The van der Waals surface area contributed by atoms with Gasteiger partial charge in [-0.15, -0.1) is 0 Å². The molecule has 1 atom stereocenters. The van der Waals surface area contributed by atoms with Gasteiger partial charge in [0.15, 0.2) is 0 Å². The Bertz CT molecular complexity index is 704. The molecule has 2 nitrogen and oxygen atoms in total. The van der Waals surface area contributed by atoms with Crippen molar-refractivity contribution in [1.29, 1.82) is 0 Å². The normalized spacial score (nSPS) is 14.7. The van der Waals surface area contributed by atoms with Crippen LogP contribution in [0.1, 0.15) is 33.9 Å². The number of nitrogens with one attached hydrogen (secondary N) is 1. The third kappa shape index (κ3) is 2.15. The summed E-state index contributed by atoms with van der Waals surface area (Å²) in [6.45, 7) is 6.52. The van der Waals surface area contributed by atoms with Crippen LogP contribution in [0.25, 0.3) is 0 Å². The third-order valence-electron chi connectivity index (χ3n) is 3.83. The van der Waals surface area contributed by atoms with E-state index in [1.165, 1.54) is 27.9 Å². The summed E-state index contributed by atoms with van der Waals surface area (Å²) in [7, 11) is 0. The Morgan fingerprint density at radius 1 is 1.10 bits per heavy atom. The molecule has 1 aromatic carbocycles. The second-order valence-electron chi connectivity index (χ2n) is 5.43. The van der Waals surface area contributed by atoms with Gasteiger partial charge in [-0.25, -0.2) is 0 Å². The number of hydrogen-bond acceptors (Lipinski definition) is 0. The van der Waals surface area contributed by atoms with Gasteiger partial charge in [-0.3, -0.25) is 0 Å². The lowest BCUT2D eigenvalue weighted by Gasteiger charge is -2.17. The summed E-state index contributed by atoms with van der Waals surface area (Å²) in [5, 5.41) is 0. The molecular formula is C18H19N2+. The molecule has 1 aliphatic heterocycles. The minimum absolute atomic E-state index is 0.181. The number of aromatic nitrogens is 1. The van der Waals surface area contributed by atoms with Crippen LogP contribution >= 0.6 is 0 Å². The summed E-state index contributed by atoms with van der Waals surface area (Å²) in [5.41, 5.74) is 7.61. The fourth-order valence-corrected chi connectivity index (χ4v) is 3.12. The Kier molecular flexibility index (Phi) is 3.17. The van der Waals surface area contributed by atoms with Crippen molar-refractivity contribution in [2.75, 3.05) is 0 Å². The highest BCUT2D eigenvalue weighted by Gasteiger charge is 2.30. The van der Waals surface area contributed by atoms with E-state index >= 15 is 0 Å². The van der Waals surface area contributed by atoms with Gasteiger partial charge >= 0.3 is 5.71 Å². The topological polar surface area (TPSA) is 29.9 Å². The number of hydrogen-bond donors (Lipinski definition) is 1. The molecule has 0 bridgehead atoms. The quantitative estimate of drug-likeness (QED) is 0.824. The molecule has 0 radical (unpaired) electrons. The van der Waals surface area contributed by atoms with Crippen LogP contribution in [0.2, 0.25) is 0 Å². The molecule has 0 saturated carbocycles. The van der Waals surface area contributed by atoms with Gasteiger partial charge in [-0.1, -0.05) is 22.4 Å². The zero-order chi connectivity index (χ0) is 14.1. The maximum Gasteiger partial charge on any atom is 0.317 e. The number of allylic oxidation sites excluding steroid dienone is 2. The highest BCUT2D eigenvalue weighted by molar-refractivity contribution is 6.08. The van der Waals surface area contributed by atoms with Gasteiger partial charge in [0.2, 0.25) is 0 Å². The Morgan fingerprint density at radius 2 is 1.85 bits per heavy atom. The molecule has 3 rings (SSSR count). The monoisotopic (exact) mass is 263 g/mol. The van der Waals surface area contributed by atoms with Crippen LogP contribution in [0.15, 0.2) is 42.6 Å². The predicted octanol–water partition coefficient (Wildman–Crippen LogP) is 3.22. The molecule has 1 aliphatic rings. The van der Waals surface area contributed by atoms with Gasteiger partial charge in [0, 0.05) is 24.0 Å². The average Bonchev–Trinajstić information content (AvgIpc) is 3.07. The van der Waals surface area contributed by atoms with Crippen LogP contribution in [0.3, 0.4) is 0 Å². The summed E-state index contributed by atoms with van der Waals surface area (Å²) in [6.07, 6.45) is 7.95. The number of aromatic amines is 1. The molecule has 20 heavy (non-hydrogen) atoms. The predicted molar refractivity (Wildman–Crippen MR) is 85.6 cm³/mol. The van der Waals surface area contributed by atoms with Crippen molar-refractivity contribution >= 4 is 11.9 Å². The Hall–Kier alpha value is -2.31. The highest BCUT2D eigenvalue weighted by atomic mass is 14.7. The summed E-state index contributed by atoms with van der Waals surface area (Å²) in [4.78, 5) is 3.35. The molecule has 0 aliphatic carbocycles. The van der Waals surface area contributed by atoms with E-state index < -0.39 is 0 Å². The minimum atomic E-state index is 0.181. The molecule has 0 amide bonds. The van der Waals surface area contributed by atoms with Gasteiger partial charge in [-0.05, 0) is 49.6 Å². The lowest BCUT2D eigenvalue weighted by molar-refractivity contribution is 0.985. The first kappa shape index (κ1) is 12.7. The number of H-pyrrole nitrogens is 1. The van der Waals surface area contributed by atoms with Crippen molar-refractivity contribution < 1.29 is 0 Å². The van der Waals surface area contributed by atoms with Crippen molar-refractivity contribution in [1.82, 2.24) is 9.65 Å². The van der Waals surface area contributed by atoms with Crippen molar-refractivity contribution in [3.8, 4) is 0 Å². The molecule has 1 unspecified atom stereocenters. The van der Waals surface area contributed by atoms with Gasteiger partial charge in [0.1, 0.15) is 5.92 Å². The van der Waals surface area contributed by atoms with Crippen molar-refractivity contribution in [3.63, 3.8) is 0 Å². The summed E-state index contributed by atoms with van der Waals surface area (Å²) >= 11 is 0. The zero-order valence-electron chi connectivity index (χ0n) is 12.1. The van der Waals surface area contributed by atoms with Gasteiger partial charge in [-0.2, -0.15) is 0 Å². The van der Waals surface area contributed by atoms with Crippen LogP contribution in [-0.4, -0.2) is 16.9 Å². The fourth-order valence-electron chi connectivity index (χ4n) is 3.12. The van der Waals surface area contributed by atoms with Crippen LogP contribution in [0, 0.1) is 20.8 Å². The molecule has 2 aromatic rings. The van der Waals surface area contributed by atoms with E-state index in [-0.39, 0.29) is 5.92 Å². The lowest BCUT2D eigenvalue weighted by atomic mass is 9.84. The maximum absolute atomic E-state index is 4.53. The third-order valence-corrected chi connectivity index (χ3v) is 3.83. The van der Waals surface area contributed by atoms with E-state index in [0.29, 0.717) is 0 Å². The van der Waals surface area contributed by atoms with E-state index in [2.05, 4.69) is 54.7 Å². The van der Waals surface area contributed by atoms with Gasteiger partial charge in [0.25, 0.3) is 6.21 Å². The first-order valence-corrected chi connectivity index (χ1v) is 6.95. The smallest absolute Gasteiger partial charge is 0.317 e. The second kappa shape index (κ2) is 4.99. The van der Waals surface area contributed by atoms with Crippen molar-refractivity contribution in [2.24, 2.45) is 0 Å². The summed E-state index contributed by atoms with van der Waals surface area (Å²) in [6, 6.07) is 8.69.